The number of nitrogens with one attached hydrogen (secondary N) is 1. The van der Waals surface area contributed by atoms with E-state index in [2.05, 4.69) is 37.9 Å². The number of amides is 2. The summed E-state index contributed by atoms with van der Waals surface area (Å²) in [6.45, 7) is 12.1. The van der Waals surface area contributed by atoms with E-state index in [4.69, 9.17) is 0 Å². The minimum atomic E-state index is -0.439. The third-order valence-electron chi connectivity index (χ3n) is 14.0. The van der Waals surface area contributed by atoms with Crippen LogP contribution in [0.25, 0.3) is 0 Å². The van der Waals surface area contributed by atoms with Crippen molar-refractivity contribution in [1.29, 1.82) is 0 Å². The van der Waals surface area contributed by atoms with E-state index in [0.29, 0.717) is 49.1 Å². The molecule has 1 saturated heterocycles. The zero-order valence-electron chi connectivity index (χ0n) is 27.6. The second-order valence-electron chi connectivity index (χ2n) is 16.8. The van der Waals surface area contributed by atoms with Crippen molar-refractivity contribution in [2.75, 3.05) is 26.2 Å². The number of hydrogen-bond donors (Lipinski definition) is 3. The number of aliphatic hydroxyl groups excluding tert-OH is 2. The summed E-state index contributed by atoms with van der Waals surface area (Å²) < 4.78 is 0. The van der Waals surface area contributed by atoms with Crippen LogP contribution in [0.15, 0.2) is 0 Å². The fourth-order valence-electron chi connectivity index (χ4n) is 11.5. The van der Waals surface area contributed by atoms with E-state index < -0.39 is 6.04 Å². The Balaban J connectivity index is 1.09. The first-order valence-corrected chi connectivity index (χ1v) is 18.2. The lowest BCUT2D eigenvalue weighted by atomic mass is 9.44. The predicted octanol–water partition coefficient (Wildman–Crippen LogP) is 4.98. The van der Waals surface area contributed by atoms with Crippen LogP contribution < -0.4 is 5.32 Å². The molecule has 43 heavy (non-hydrogen) atoms. The quantitative estimate of drug-likeness (QED) is 0.400. The average Bonchev–Trinajstić information content (AvgIpc) is 3.30. The number of piperazine rings is 1. The van der Waals surface area contributed by atoms with Crippen molar-refractivity contribution >= 4 is 11.8 Å². The first-order valence-electron chi connectivity index (χ1n) is 18.2. The number of rotatable bonds is 6. The van der Waals surface area contributed by atoms with Gasteiger partial charge in [0.15, 0.2) is 0 Å². The molecule has 0 radical (unpaired) electrons. The summed E-state index contributed by atoms with van der Waals surface area (Å²) in [4.78, 5) is 31.3. The molecule has 0 aromatic rings. The molecule has 3 N–H and O–H groups in total. The van der Waals surface area contributed by atoms with Gasteiger partial charge in [-0.1, -0.05) is 47.0 Å². The summed E-state index contributed by atoms with van der Waals surface area (Å²) in [5.41, 5.74) is 0.338. The summed E-state index contributed by atoms with van der Waals surface area (Å²) in [6.07, 6.45) is 14.5. The lowest BCUT2D eigenvalue weighted by molar-refractivity contribution is -0.157. The van der Waals surface area contributed by atoms with Crippen LogP contribution in [0.3, 0.4) is 0 Å². The van der Waals surface area contributed by atoms with Gasteiger partial charge in [0.2, 0.25) is 11.8 Å². The predicted molar refractivity (Wildman–Crippen MR) is 169 cm³/mol. The van der Waals surface area contributed by atoms with Crippen molar-refractivity contribution in [3.8, 4) is 0 Å². The molecule has 6 fully saturated rings. The fraction of sp³-hybridized carbons (Fsp3) is 0.944. The largest absolute Gasteiger partial charge is 0.393 e. The normalized spacial score (nSPS) is 43.0. The van der Waals surface area contributed by atoms with Gasteiger partial charge in [-0.25, -0.2) is 0 Å². The van der Waals surface area contributed by atoms with E-state index in [0.717, 1.165) is 64.5 Å². The second kappa shape index (κ2) is 12.5. The maximum atomic E-state index is 13.8. The maximum absolute atomic E-state index is 13.8. The van der Waals surface area contributed by atoms with E-state index in [9.17, 15) is 19.8 Å². The van der Waals surface area contributed by atoms with E-state index in [-0.39, 0.29) is 46.8 Å². The number of aliphatic hydroxyl groups is 2. The average molecular weight is 600 g/mol. The molecule has 5 saturated carbocycles. The highest BCUT2D eigenvalue weighted by Gasteiger charge is 2.61. The van der Waals surface area contributed by atoms with E-state index in [1.807, 2.05) is 4.90 Å². The van der Waals surface area contributed by atoms with Crippen LogP contribution in [-0.2, 0) is 9.59 Å². The number of hydrogen-bond acceptors (Lipinski definition) is 5. The van der Waals surface area contributed by atoms with Crippen molar-refractivity contribution in [3.63, 3.8) is 0 Å². The molecule has 10 atom stereocenters. The molecule has 6 rings (SSSR count). The van der Waals surface area contributed by atoms with Gasteiger partial charge in [-0.05, 0) is 111 Å². The molecule has 5 aliphatic carbocycles. The lowest BCUT2D eigenvalue weighted by Crippen LogP contribution is -2.63. The molecule has 0 bridgehead atoms. The van der Waals surface area contributed by atoms with Gasteiger partial charge in [-0.2, -0.15) is 0 Å². The van der Waals surface area contributed by atoms with Gasteiger partial charge >= 0.3 is 0 Å². The lowest BCUT2D eigenvalue weighted by Gasteiger charge is -2.62. The topological polar surface area (TPSA) is 93.1 Å². The van der Waals surface area contributed by atoms with Gasteiger partial charge in [0.25, 0.3) is 0 Å². The SMILES string of the molecule is CC(C)C[C@H](NC(=O)C1CCCCC1)C(=O)N1CCN([C@H]2C[C@@]3(C)[C@@H](CC[C@@H]4[C@@H]3CC[C@]3(C)[C@@H](O)CC[C@@H]43)C[C@@H]2O)CC1. The van der Waals surface area contributed by atoms with Crippen molar-refractivity contribution in [2.24, 2.45) is 46.3 Å². The standard InChI is InChI=1S/C36H61N3O4/c1-23(2)20-29(37-33(42)24-8-6-5-7-9-24)34(43)39-18-16-38(17-19-39)30-22-36(4)25(21-31(30)40)10-11-26-27-12-13-32(41)35(27,3)15-14-28(26)36/h23-32,40-41H,5-22H2,1-4H3,(H,37,42)/t25-,26-,27-,28-,29-,30-,31-,32-,35-,36-/m0/s1. The van der Waals surface area contributed by atoms with Crippen LogP contribution >= 0.6 is 0 Å². The van der Waals surface area contributed by atoms with Gasteiger partial charge in [0, 0.05) is 38.1 Å². The minimum absolute atomic E-state index is 0.0575. The van der Waals surface area contributed by atoms with Crippen molar-refractivity contribution in [1.82, 2.24) is 15.1 Å². The molecule has 1 heterocycles. The Morgan fingerprint density at radius 3 is 2.26 bits per heavy atom. The van der Waals surface area contributed by atoms with Crippen LogP contribution in [0.5, 0.6) is 0 Å². The summed E-state index contributed by atoms with van der Waals surface area (Å²) in [5.74, 6) is 3.18. The Morgan fingerprint density at radius 2 is 1.56 bits per heavy atom. The molecule has 2 amide bonds. The molecule has 0 spiro atoms. The molecule has 7 nitrogen and oxygen atoms in total. The molecular formula is C36H61N3O4. The Labute approximate surface area is 260 Å². The van der Waals surface area contributed by atoms with Crippen LogP contribution in [0.4, 0.5) is 0 Å². The Kier molecular flexibility index (Phi) is 9.28. The zero-order chi connectivity index (χ0) is 30.5. The maximum Gasteiger partial charge on any atom is 0.245 e. The third-order valence-corrected chi connectivity index (χ3v) is 14.0. The van der Waals surface area contributed by atoms with Crippen molar-refractivity contribution in [2.45, 2.75) is 142 Å². The van der Waals surface area contributed by atoms with E-state index in [1.165, 1.54) is 32.1 Å². The van der Waals surface area contributed by atoms with Crippen molar-refractivity contribution in [3.05, 3.63) is 0 Å². The summed E-state index contributed by atoms with van der Waals surface area (Å²) in [5, 5.41) is 25.5. The highest BCUT2D eigenvalue weighted by Crippen LogP contribution is 2.66. The first-order chi connectivity index (χ1) is 20.5. The van der Waals surface area contributed by atoms with Crippen LogP contribution in [0.2, 0.25) is 0 Å². The van der Waals surface area contributed by atoms with Gasteiger partial charge in [-0.3, -0.25) is 14.5 Å². The highest BCUT2D eigenvalue weighted by atomic mass is 16.3. The van der Waals surface area contributed by atoms with Gasteiger partial charge in [-0.15, -0.1) is 0 Å². The first kappa shape index (κ1) is 31.8. The molecule has 0 aromatic carbocycles. The number of nitrogens with zero attached hydrogens (tertiary/aromatic N) is 2. The Hall–Kier alpha value is -1.18. The monoisotopic (exact) mass is 599 g/mol. The number of fused-ring (bicyclic) bond motifs is 5. The van der Waals surface area contributed by atoms with Gasteiger partial charge in [0.05, 0.1) is 12.2 Å². The number of carbonyl (C=O) groups is 2. The molecule has 0 unspecified atom stereocenters. The molecule has 244 valence electrons. The van der Waals surface area contributed by atoms with Crippen LogP contribution in [-0.4, -0.2) is 82.3 Å². The van der Waals surface area contributed by atoms with Crippen LogP contribution in [0, 0.1) is 46.3 Å². The summed E-state index contributed by atoms with van der Waals surface area (Å²) >= 11 is 0. The zero-order valence-corrected chi connectivity index (χ0v) is 27.6. The Bertz CT molecular complexity index is 1010. The minimum Gasteiger partial charge on any atom is -0.393 e. The highest BCUT2D eigenvalue weighted by molar-refractivity contribution is 5.88. The van der Waals surface area contributed by atoms with E-state index in [1.54, 1.807) is 0 Å². The molecule has 6 aliphatic rings. The second-order valence-corrected chi connectivity index (χ2v) is 16.8. The summed E-state index contributed by atoms with van der Waals surface area (Å²) in [6, 6.07) is -0.289. The Morgan fingerprint density at radius 1 is 0.860 bits per heavy atom. The molecule has 1 aliphatic heterocycles. The molecule has 0 aromatic heterocycles. The van der Waals surface area contributed by atoms with Crippen LogP contribution in [0.1, 0.15) is 118 Å². The van der Waals surface area contributed by atoms with Gasteiger partial charge in [0.1, 0.15) is 6.04 Å². The van der Waals surface area contributed by atoms with E-state index >= 15 is 0 Å². The smallest absolute Gasteiger partial charge is 0.245 e. The molecular weight excluding hydrogens is 538 g/mol. The fourth-order valence-corrected chi connectivity index (χ4v) is 11.5. The third kappa shape index (κ3) is 5.93. The summed E-state index contributed by atoms with van der Waals surface area (Å²) in [7, 11) is 0. The van der Waals surface area contributed by atoms with Crippen molar-refractivity contribution < 1.29 is 19.8 Å². The number of carbonyl (C=O) groups excluding carboxylic acids is 2. The molecule has 7 heteroatoms. The van der Waals surface area contributed by atoms with Gasteiger partial charge < -0.3 is 20.4 Å².